The van der Waals surface area contributed by atoms with Crippen molar-refractivity contribution in [2.75, 3.05) is 6.61 Å². The molecule has 1 aliphatic heterocycles. The van der Waals surface area contributed by atoms with E-state index in [0.29, 0.717) is 18.4 Å². The van der Waals surface area contributed by atoms with E-state index in [-0.39, 0.29) is 13.0 Å². The zero-order valence-corrected chi connectivity index (χ0v) is 22.6. The minimum absolute atomic E-state index is 0.129. The van der Waals surface area contributed by atoms with Crippen molar-refractivity contribution in [3.8, 4) is 0 Å². The van der Waals surface area contributed by atoms with E-state index in [4.69, 9.17) is 14.2 Å². The fourth-order valence-electron chi connectivity index (χ4n) is 8.19. The number of hydrogen-bond acceptors (Lipinski definition) is 9. The van der Waals surface area contributed by atoms with Gasteiger partial charge in [-0.3, -0.25) is 4.79 Å². The minimum atomic E-state index is -2.30. The van der Waals surface area contributed by atoms with Gasteiger partial charge in [-0.05, 0) is 44.7 Å². The van der Waals surface area contributed by atoms with Crippen LogP contribution < -0.4 is 0 Å². The number of aliphatic hydroxyl groups is 4. The van der Waals surface area contributed by atoms with Crippen LogP contribution in [-0.4, -0.2) is 74.1 Å². The molecule has 4 aliphatic rings. The molecule has 2 unspecified atom stereocenters. The van der Waals surface area contributed by atoms with Crippen LogP contribution in [0.4, 0.5) is 0 Å². The van der Waals surface area contributed by atoms with Gasteiger partial charge in [0.05, 0.1) is 30.3 Å². The lowest BCUT2D eigenvalue weighted by Gasteiger charge is -2.72. The normalized spacial score (nSPS) is 43.2. The Morgan fingerprint density at radius 1 is 1.11 bits per heavy atom. The first-order valence-corrected chi connectivity index (χ1v) is 13.2. The third-order valence-corrected chi connectivity index (χ3v) is 10.1. The van der Waals surface area contributed by atoms with Crippen molar-refractivity contribution in [2.24, 2.45) is 16.7 Å². The van der Waals surface area contributed by atoms with Crippen molar-refractivity contribution in [1.29, 1.82) is 0 Å². The highest BCUT2D eigenvalue weighted by Gasteiger charge is 2.84. The quantitative estimate of drug-likeness (QED) is 0.331. The molecule has 4 N–H and O–H groups in total. The zero-order chi connectivity index (χ0) is 27.9. The molecule has 1 aromatic rings. The number of cyclic esters (lactones) is 1. The number of esters is 2. The van der Waals surface area contributed by atoms with Crippen molar-refractivity contribution < 1.29 is 44.2 Å². The first-order valence-electron chi connectivity index (χ1n) is 13.2. The van der Waals surface area contributed by atoms with E-state index in [1.165, 1.54) is 13.8 Å². The second-order valence-corrected chi connectivity index (χ2v) is 12.3. The number of aliphatic hydroxyl groups excluding tert-OH is 2. The van der Waals surface area contributed by atoms with E-state index >= 15 is 0 Å². The number of rotatable bonds is 5. The van der Waals surface area contributed by atoms with E-state index in [1.807, 2.05) is 37.3 Å². The van der Waals surface area contributed by atoms with Crippen LogP contribution in [0.5, 0.6) is 0 Å². The Hall–Kier alpha value is -2.30. The maximum atomic E-state index is 13.8. The van der Waals surface area contributed by atoms with Crippen molar-refractivity contribution in [1.82, 2.24) is 0 Å². The highest BCUT2D eigenvalue weighted by Crippen LogP contribution is 2.74. The Kier molecular flexibility index (Phi) is 6.17. The molecule has 9 heteroatoms. The summed E-state index contributed by atoms with van der Waals surface area (Å²) in [5.41, 5.74) is -6.30. The van der Waals surface area contributed by atoms with Crippen LogP contribution in [0.15, 0.2) is 41.5 Å². The first kappa shape index (κ1) is 27.3. The molecule has 0 amide bonds. The maximum Gasteiger partial charge on any atom is 0.343 e. The fourth-order valence-corrected chi connectivity index (χ4v) is 8.19. The minimum Gasteiger partial charge on any atom is -0.463 e. The molecule has 5 rings (SSSR count). The van der Waals surface area contributed by atoms with Crippen LogP contribution in [0.25, 0.3) is 0 Å². The monoisotopic (exact) mass is 530 g/mol. The summed E-state index contributed by atoms with van der Waals surface area (Å²) in [6.45, 7) is 7.67. The predicted octanol–water partition coefficient (Wildman–Crippen LogP) is 1.79. The number of fused-ring (bicyclic) bond motifs is 2. The molecule has 0 aromatic heterocycles. The molecule has 8 atom stereocenters. The van der Waals surface area contributed by atoms with Crippen molar-refractivity contribution in [2.45, 2.75) is 95.6 Å². The highest BCUT2D eigenvalue weighted by molar-refractivity contribution is 5.89. The largest absolute Gasteiger partial charge is 0.463 e. The van der Waals surface area contributed by atoms with Gasteiger partial charge in [-0.25, -0.2) is 4.79 Å². The van der Waals surface area contributed by atoms with Gasteiger partial charge >= 0.3 is 11.9 Å². The summed E-state index contributed by atoms with van der Waals surface area (Å²) < 4.78 is 18.0. The molecule has 1 saturated heterocycles. The van der Waals surface area contributed by atoms with Crippen molar-refractivity contribution in [3.05, 3.63) is 47.0 Å². The predicted molar refractivity (Wildman–Crippen MR) is 134 cm³/mol. The molecule has 1 aromatic carbocycles. The lowest BCUT2D eigenvalue weighted by molar-refractivity contribution is -0.348. The summed E-state index contributed by atoms with van der Waals surface area (Å²) in [7, 11) is 0. The molecule has 2 bridgehead atoms. The third kappa shape index (κ3) is 3.23. The number of hydrogen-bond donors (Lipinski definition) is 4. The topological polar surface area (TPSA) is 143 Å². The van der Waals surface area contributed by atoms with Crippen LogP contribution in [0, 0.1) is 16.7 Å². The van der Waals surface area contributed by atoms with E-state index in [1.54, 1.807) is 13.8 Å². The highest BCUT2D eigenvalue weighted by atomic mass is 16.6. The lowest BCUT2D eigenvalue weighted by Crippen LogP contribution is -2.85. The average Bonchev–Trinajstić information content (AvgIpc) is 3.22. The van der Waals surface area contributed by atoms with Gasteiger partial charge in [-0.2, -0.15) is 0 Å². The van der Waals surface area contributed by atoms with E-state index in [9.17, 15) is 30.0 Å². The molecular formula is C29H38O9. The Morgan fingerprint density at radius 2 is 1.76 bits per heavy atom. The van der Waals surface area contributed by atoms with Gasteiger partial charge in [0.25, 0.3) is 0 Å². The molecule has 0 radical (unpaired) electrons. The summed E-state index contributed by atoms with van der Waals surface area (Å²) in [6.07, 6.45) is -3.22. The Bertz CT molecular complexity index is 1180. The molecular weight excluding hydrogens is 492 g/mol. The summed E-state index contributed by atoms with van der Waals surface area (Å²) in [4.78, 5) is 25.6. The molecule has 3 fully saturated rings. The average molecular weight is 531 g/mol. The Balaban J connectivity index is 1.79. The summed E-state index contributed by atoms with van der Waals surface area (Å²) >= 11 is 0. The van der Waals surface area contributed by atoms with Crippen LogP contribution in [0.2, 0.25) is 0 Å². The van der Waals surface area contributed by atoms with Crippen LogP contribution in [0.3, 0.4) is 0 Å². The van der Waals surface area contributed by atoms with Gasteiger partial charge in [-0.1, -0.05) is 42.8 Å². The number of carbonyl (C=O) groups excluding carboxylic acids is 2. The Morgan fingerprint density at radius 3 is 2.39 bits per heavy atom. The second-order valence-electron chi connectivity index (χ2n) is 12.3. The molecule has 1 heterocycles. The SMILES string of the molecule is CC(=O)OC[C@@]1(O)C2C(OCc3ccccc3)[C@]34CCC(C)=C3[C@@](O)(C(=O)OC4(C)C)[C@]2(C)[C@@H](O)C[C@@H]1O. The lowest BCUT2D eigenvalue weighted by atomic mass is 9.38. The van der Waals surface area contributed by atoms with Crippen molar-refractivity contribution in [3.63, 3.8) is 0 Å². The fraction of sp³-hybridized carbons (Fsp3) is 0.655. The number of carbonyl (C=O) groups is 2. The van der Waals surface area contributed by atoms with Crippen molar-refractivity contribution >= 4 is 11.9 Å². The van der Waals surface area contributed by atoms with E-state index in [0.717, 1.165) is 11.1 Å². The third-order valence-electron chi connectivity index (χ3n) is 10.1. The molecule has 0 spiro atoms. The smallest absolute Gasteiger partial charge is 0.343 e. The standard InChI is InChI=1S/C29H38O9/c1-16-11-12-27-21(16)29(35,24(33)38-25(27,3)4)26(5)19(31)13-20(32)28(34,15-37-17(2)30)22(26)23(27)36-14-18-9-7-6-8-10-18/h6-10,19-20,22-23,31-32,34-35H,11-15H2,1-5H3/t19-,20-,22?,23?,26+,27-,28-,29+/m0/s1. The summed E-state index contributed by atoms with van der Waals surface area (Å²) in [5, 5.41) is 47.5. The van der Waals surface area contributed by atoms with Gasteiger partial charge in [0, 0.05) is 24.7 Å². The molecule has 9 nitrogen and oxygen atoms in total. The van der Waals surface area contributed by atoms with Crippen LogP contribution in [-0.2, 0) is 30.4 Å². The van der Waals surface area contributed by atoms with Gasteiger partial charge in [-0.15, -0.1) is 0 Å². The summed E-state index contributed by atoms with van der Waals surface area (Å²) in [5.74, 6) is -2.79. The zero-order valence-electron chi connectivity index (χ0n) is 22.6. The molecule has 38 heavy (non-hydrogen) atoms. The summed E-state index contributed by atoms with van der Waals surface area (Å²) in [6, 6.07) is 9.44. The van der Waals surface area contributed by atoms with Gasteiger partial charge < -0.3 is 34.6 Å². The molecule has 208 valence electrons. The van der Waals surface area contributed by atoms with Crippen LogP contribution in [0.1, 0.15) is 59.4 Å². The number of ether oxygens (including phenoxy) is 3. The van der Waals surface area contributed by atoms with Crippen LogP contribution >= 0.6 is 0 Å². The number of benzene rings is 1. The van der Waals surface area contributed by atoms with Gasteiger partial charge in [0.15, 0.2) is 5.60 Å². The van der Waals surface area contributed by atoms with E-state index in [2.05, 4.69) is 0 Å². The second kappa shape index (κ2) is 8.60. The maximum absolute atomic E-state index is 13.8. The van der Waals surface area contributed by atoms with Gasteiger partial charge in [0.1, 0.15) is 17.8 Å². The van der Waals surface area contributed by atoms with E-state index < -0.39 is 70.4 Å². The van der Waals surface area contributed by atoms with Gasteiger partial charge in [0.2, 0.25) is 0 Å². The Labute approximate surface area is 222 Å². The molecule has 2 saturated carbocycles. The number of allylic oxidation sites excluding steroid dienone is 1. The first-order chi connectivity index (χ1) is 17.7. The molecule has 3 aliphatic carbocycles.